The summed E-state index contributed by atoms with van der Waals surface area (Å²) in [7, 11) is -3.15. The van der Waals surface area contributed by atoms with E-state index in [0.29, 0.717) is 16.5 Å². The number of nitrogens with two attached hydrogens (primary N) is 1. The average Bonchev–Trinajstić information content (AvgIpc) is 2.38. The molecule has 0 unspecified atom stereocenters. The van der Waals surface area contributed by atoms with E-state index in [2.05, 4.69) is 0 Å². The summed E-state index contributed by atoms with van der Waals surface area (Å²) in [5.74, 6) is 0. The van der Waals surface area contributed by atoms with Crippen molar-refractivity contribution in [3.63, 3.8) is 0 Å². The summed E-state index contributed by atoms with van der Waals surface area (Å²) >= 11 is 7.63. The lowest BCUT2D eigenvalue weighted by Gasteiger charge is -2.06. The smallest absolute Gasteiger partial charge is 0.175 e. The molecule has 0 radical (unpaired) electrons. The Kier molecular flexibility index (Phi) is 4.75. The number of halogens is 1. The second-order valence-corrected chi connectivity index (χ2v) is 7.87. The predicted octanol–water partition coefficient (Wildman–Crippen LogP) is 3.35. The molecular weight excluding hydrogens is 314 g/mol. The van der Waals surface area contributed by atoms with Gasteiger partial charge in [-0.15, -0.1) is 0 Å². The van der Waals surface area contributed by atoms with Crippen LogP contribution in [-0.4, -0.2) is 14.7 Å². The summed E-state index contributed by atoms with van der Waals surface area (Å²) in [4.78, 5) is 2.26. The van der Waals surface area contributed by atoms with Crippen LogP contribution in [0.5, 0.6) is 0 Å². The minimum absolute atomic E-state index is 0.318. The van der Waals surface area contributed by atoms with E-state index in [1.54, 1.807) is 24.3 Å². The van der Waals surface area contributed by atoms with E-state index < -0.39 is 9.84 Å². The first kappa shape index (κ1) is 15.4. The van der Waals surface area contributed by atoms with Crippen molar-refractivity contribution in [2.75, 3.05) is 6.26 Å². The highest BCUT2D eigenvalue weighted by atomic mass is 35.5. The number of hydrogen-bond donors (Lipinski definition) is 1. The maximum atomic E-state index is 11.4. The van der Waals surface area contributed by atoms with Crippen LogP contribution >= 0.6 is 23.4 Å². The average molecular weight is 328 g/mol. The van der Waals surface area contributed by atoms with Crippen LogP contribution in [0.15, 0.2) is 57.2 Å². The summed E-state index contributed by atoms with van der Waals surface area (Å²) in [6, 6.07) is 12.5. The Morgan fingerprint density at radius 1 is 1.10 bits per heavy atom. The Bertz CT molecular complexity index is 712. The van der Waals surface area contributed by atoms with Crippen LogP contribution < -0.4 is 5.73 Å². The van der Waals surface area contributed by atoms with Crippen LogP contribution in [0.2, 0.25) is 5.02 Å². The van der Waals surface area contributed by atoms with Crippen LogP contribution in [0.4, 0.5) is 0 Å². The Balaban J connectivity index is 2.20. The molecule has 0 saturated heterocycles. The number of hydrogen-bond acceptors (Lipinski definition) is 4. The van der Waals surface area contributed by atoms with E-state index in [-0.39, 0.29) is 0 Å². The molecular formula is C14H14ClNO2S2. The maximum absolute atomic E-state index is 11.4. The molecule has 0 atom stereocenters. The lowest BCUT2D eigenvalue weighted by molar-refractivity contribution is 0.602. The second kappa shape index (κ2) is 6.18. The van der Waals surface area contributed by atoms with Gasteiger partial charge in [0.1, 0.15) is 0 Å². The zero-order valence-corrected chi connectivity index (χ0v) is 13.2. The molecule has 0 aromatic heterocycles. The molecule has 0 heterocycles. The van der Waals surface area contributed by atoms with Crippen LogP contribution in [0.25, 0.3) is 0 Å². The molecule has 0 aliphatic heterocycles. The summed E-state index contributed by atoms with van der Waals surface area (Å²) in [6.45, 7) is 0.410. The standard InChI is InChI=1S/C14H14ClNO2S2/c1-20(17,18)13-6-4-11(5-7-13)19-12-3-2-10(9-16)14(15)8-12/h2-8H,9,16H2,1H3. The molecule has 0 aliphatic carbocycles. The van der Waals surface area contributed by atoms with E-state index in [4.69, 9.17) is 17.3 Å². The summed E-state index contributed by atoms with van der Waals surface area (Å²) in [6.07, 6.45) is 1.19. The molecule has 3 nitrogen and oxygen atoms in total. The number of rotatable bonds is 4. The molecule has 0 saturated carbocycles. The van der Waals surface area contributed by atoms with Crippen LogP contribution in [0.1, 0.15) is 5.56 Å². The normalized spacial score (nSPS) is 11.6. The highest BCUT2D eigenvalue weighted by molar-refractivity contribution is 7.99. The zero-order chi connectivity index (χ0) is 14.8. The molecule has 0 spiro atoms. The van der Waals surface area contributed by atoms with Gasteiger partial charge in [-0.1, -0.05) is 29.4 Å². The van der Waals surface area contributed by atoms with Gasteiger partial charge in [-0.3, -0.25) is 0 Å². The third-order valence-corrected chi connectivity index (χ3v) is 5.21. The minimum Gasteiger partial charge on any atom is -0.326 e. The Morgan fingerprint density at radius 3 is 2.20 bits per heavy atom. The monoisotopic (exact) mass is 327 g/mol. The Labute approximate surface area is 128 Å². The van der Waals surface area contributed by atoms with Crippen molar-refractivity contribution >= 4 is 33.2 Å². The van der Waals surface area contributed by atoms with Crippen LogP contribution in [0.3, 0.4) is 0 Å². The van der Waals surface area contributed by atoms with Crippen molar-refractivity contribution in [1.29, 1.82) is 0 Å². The molecule has 2 N–H and O–H groups in total. The minimum atomic E-state index is -3.15. The van der Waals surface area contributed by atoms with Gasteiger partial charge >= 0.3 is 0 Å². The summed E-state index contributed by atoms with van der Waals surface area (Å²) < 4.78 is 22.8. The molecule has 6 heteroatoms. The van der Waals surface area contributed by atoms with Gasteiger partial charge in [0.2, 0.25) is 0 Å². The predicted molar refractivity (Wildman–Crippen MR) is 83.0 cm³/mol. The van der Waals surface area contributed by atoms with Crippen molar-refractivity contribution in [1.82, 2.24) is 0 Å². The van der Waals surface area contributed by atoms with Gasteiger partial charge in [0.05, 0.1) is 4.90 Å². The fraction of sp³-hybridized carbons (Fsp3) is 0.143. The van der Waals surface area contributed by atoms with Crippen molar-refractivity contribution in [3.05, 3.63) is 53.1 Å². The Hall–Kier alpha value is -1.01. The van der Waals surface area contributed by atoms with Gasteiger partial charge < -0.3 is 5.73 Å². The van der Waals surface area contributed by atoms with Crippen molar-refractivity contribution < 1.29 is 8.42 Å². The quantitative estimate of drug-likeness (QED) is 0.935. The molecule has 0 aliphatic rings. The first-order valence-corrected chi connectivity index (χ1v) is 8.95. The first-order chi connectivity index (χ1) is 9.40. The SMILES string of the molecule is CS(=O)(=O)c1ccc(Sc2ccc(CN)c(Cl)c2)cc1. The van der Waals surface area contributed by atoms with Crippen LogP contribution in [-0.2, 0) is 16.4 Å². The van der Waals surface area contributed by atoms with Gasteiger partial charge in [-0.25, -0.2) is 8.42 Å². The van der Waals surface area contributed by atoms with E-state index in [9.17, 15) is 8.42 Å². The fourth-order valence-electron chi connectivity index (χ4n) is 1.65. The molecule has 2 rings (SSSR count). The molecule has 20 heavy (non-hydrogen) atoms. The van der Waals surface area contributed by atoms with Gasteiger partial charge in [-0.05, 0) is 42.0 Å². The second-order valence-electron chi connectivity index (χ2n) is 4.30. The topological polar surface area (TPSA) is 60.2 Å². The lowest BCUT2D eigenvalue weighted by atomic mass is 10.2. The molecule has 0 amide bonds. The maximum Gasteiger partial charge on any atom is 0.175 e. The highest BCUT2D eigenvalue weighted by Crippen LogP contribution is 2.31. The highest BCUT2D eigenvalue weighted by Gasteiger charge is 2.07. The molecule has 2 aromatic rings. The summed E-state index contributed by atoms with van der Waals surface area (Å²) in [5.41, 5.74) is 6.47. The van der Waals surface area contributed by atoms with Gasteiger partial charge in [0.25, 0.3) is 0 Å². The van der Waals surface area contributed by atoms with E-state index >= 15 is 0 Å². The molecule has 0 fully saturated rings. The van der Waals surface area contributed by atoms with E-state index in [1.807, 2.05) is 18.2 Å². The third-order valence-electron chi connectivity index (χ3n) is 2.73. The van der Waals surface area contributed by atoms with E-state index in [0.717, 1.165) is 15.4 Å². The largest absolute Gasteiger partial charge is 0.326 e. The third kappa shape index (κ3) is 3.76. The van der Waals surface area contributed by atoms with Gasteiger partial charge in [0, 0.05) is 27.6 Å². The molecule has 106 valence electrons. The lowest BCUT2D eigenvalue weighted by Crippen LogP contribution is -1.97. The van der Waals surface area contributed by atoms with Crippen LogP contribution in [0, 0.1) is 0 Å². The fourth-order valence-corrected chi connectivity index (χ4v) is 3.46. The van der Waals surface area contributed by atoms with Crippen molar-refractivity contribution in [2.45, 2.75) is 21.2 Å². The first-order valence-electron chi connectivity index (χ1n) is 5.86. The number of sulfone groups is 1. The molecule has 2 aromatic carbocycles. The van der Waals surface area contributed by atoms with E-state index in [1.165, 1.54) is 18.0 Å². The van der Waals surface area contributed by atoms with Gasteiger partial charge in [-0.2, -0.15) is 0 Å². The molecule has 0 bridgehead atoms. The van der Waals surface area contributed by atoms with Crippen molar-refractivity contribution in [3.8, 4) is 0 Å². The number of benzene rings is 2. The van der Waals surface area contributed by atoms with Crippen molar-refractivity contribution in [2.24, 2.45) is 5.73 Å². The Morgan fingerprint density at radius 2 is 1.70 bits per heavy atom. The summed E-state index contributed by atoms with van der Waals surface area (Å²) in [5, 5.41) is 0.644. The van der Waals surface area contributed by atoms with Gasteiger partial charge in [0.15, 0.2) is 9.84 Å². The zero-order valence-electron chi connectivity index (χ0n) is 10.8.